The molecule has 1 saturated carbocycles. The molecule has 2 aliphatic rings. The van der Waals surface area contributed by atoms with Crippen molar-refractivity contribution in [3.63, 3.8) is 0 Å². The van der Waals surface area contributed by atoms with Crippen LogP contribution in [0.5, 0.6) is 0 Å². The van der Waals surface area contributed by atoms with Crippen LogP contribution in [0.15, 0.2) is 35.9 Å². The number of hydrogen-bond donors (Lipinski definition) is 1. The topological polar surface area (TPSA) is 46.2 Å². The standard InChI is InChI=1S/C14H17NO2S/c1-11-13(12-7-3-2-4-8-12)18(16,17)15-14(11)9-5-6-10-14/h2-4,7-8,15H,5-6,9-10H2,1H3. The van der Waals surface area contributed by atoms with Gasteiger partial charge in [0.2, 0.25) is 10.0 Å². The molecule has 1 N–H and O–H groups in total. The van der Waals surface area contributed by atoms with Crippen molar-refractivity contribution in [2.75, 3.05) is 0 Å². The van der Waals surface area contributed by atoms with Gasteiger partial charge in [0.15, 0.2) is 0 Å². The third-order valence-electron chi connectivity index (χ3n) is 4.15. The van der Waals surface area contributed by atoms with Gasteiger partial charge < -0.3 is 0 Å². The number of rotatable bonds is 1. The highest BCUT2D eigenvalue weighted by atomic mass is 32.2. The first-order valence-corrected chi connectivity index (χ1v) is 7.84. The van der Waals surface area contributed by atoms with Gasteiger partial charge in [-0.1, -0.05) is 43.2 Å². The van der Waals surface area contributed by atoms with Crippen molar-refractivity contribution >= 4 is 14.9 Å². The SMILES string of the molecule is CC1=C(c2ccccc2)S(=O)(=O)NC12CCCC2. The van der Waals surface area contributed by atoms with Crippen molar-refractivity contribution < 1.29 is 8.42 Å². The van der Waals surface area contributed by atoms with Crippen LogP contribution in [0.2, 0.25) is 0 Å². The van der Waals surface area contributed by atoms with Crippen molar-refractivity contribution in [2.45, 2.75) is 38.1 Å². The molecule has 18 heavy (non-hydrogen) atoms. The second-order valence-electron chi connectivity index (χ2n) is 5.21. The number of sulfonamides is 1. The summed E-state index contributed by atoms with van der Waals surface area (Å²) in [7, 11) is -3.35. The van der Waals surface area contributed by atoms with Crippen molar-refractivity contribution in [3.05, 3.63) is 41.5 Å². The molecule has 0 amide bonds. The molecule has 4 heteroatoms. The summed E-state index contributed by atoms with van der Waals surface area (Å²) >= 11 is 0. The Bertz CT molecular complexity index is 596. The molecule has 0 atom stereocenters. The van der Waals surface area contributed by atoms with Crippen LogP contribution < -0.4 is 4.72 Å². The van der Waals surface area contributed by atoms with E-state index in [9.17, 15) is 8.42 Å². The fraction of sp³-hybridized carbons (Fsp3) is 0.429. The second kappa shape index (κ2) is 3.93. The predicted molar refractivity (Wildman–Crippen MR) is 72.3 cm³/mol. The lowest BCUT2D eigenvalue weighted by Gasteiger charge is -2.23. The Morgan fingerprint density at radius 3 is 2.33 bits per heavy atom. The highest BCUT2D eigenvalue weighted by molar-refractivity contribution is 7.99. The van der Waals surface area contributed by atoms with Gasteiger partial charge in [-0.2, -0.15) is 0 Å². The van der Waals surface area contributed by atoms with E-state index in [4.69, 9.17) is 0 Å². The molecule has 1 fully saturated rings. The van der Waals surface area contributed by atoms with E-state index in [1.165, 1.54) is 0 Å². The Kier molecular flexibility index (Phi) is 2.61. The molecule has 1 aromatic rings. The van der Waals surface area contributed by atoms with Crippen LogP contribution in [0.4, 0.5) is 0 Å². The zero-order chi connectivity index (χ0) is 12.8. The number of benzene rings is 1. The molecule has 0 saturated heterocycles. The number of hydrogen-bond acceptors (Lipinski definition) is 2. The Balaban J connectivity index is 2.19. The molecule has 1 aliphatic carbocycles. The Morgan fingerprint density at radius 2 is 1.72 bits per heavy atom. The Hall–Kier alpha value is -1.13. The van der Waals surface area contributed by atoms with Crippen LogP contribution in [0.1, 0.15) is 38.2 Å². The third-order valence-corrected chi connectivity index (χ3v) is 5.89. The van der Waals surface area contributed by atoms with Crippen molar-refractivity contribution in [1.82, 2.24) is 4.72 Å². The van der Waals surface area contributed by atoms with Crippen LogP contribution in [0.3, 0.4) is 0 Å². The molecule has 1 spiro atoms. The van der Waals surface area contributed by atoms with Crippen LogP contribution in [-0.4, -0.2) is 14.0 Å². The molecule has 3 nitrogen and oxygen atoms in total. The lowest BCUT2D eigenvalue weighted by atomic mass is 9.89. The summed E-state index contributed by atoms with van der Waals surface area (Å²) in [5.41, 5.74) is 1.49. The third kappa shape index (κ3) is 1.63. The zero-order valence-electron chi connectivity index (χ0n) is 10.4. The molecule has 0 radical (unpaired) electrons. The normalized spacial score (nSPS) is 24.9. The average Bonchev–Trinajstić information content (AvgIpc) is 2.85. The summed E-state index contributed by atoms with van der Waals surface area (Å²) in [5, 5.41) is 0. The molecular formula is C14H17NO2S. The molecule has 96 valence electrons. The molecule has 3 rings (SSSR count). The highest BCUT2D eigenvalue weighted by Gasteiger charge is 2.48. The van der Waals surface area contributed by atoms with Crippen molar-refractivity contribution in [1.29, 1.82) is 0 Å². The maximum absolute atomic E-state index is 12.4. The van der Waals surface area contributed by atoms with Crippen LogP contribution in [-0.2, 0) is 10.0 Å². The second-order valence-corrected chi connectivity index (χ2v) is 6.83. The van der Waals surface area contributed by atoms with E-state index in [2.05, 4.69) is 4.72 Å². The largest absolute Gasteiger partial charge is 0.241 e. The maximum atomic E-state index is 12.4. The van der Waals surface area contributed by atoms with E-state index in [0.717, 1.165) is 36.8 Å². The zero-order valence-corrected chi connectivity index (χ0v) is 11.3. The first kappa shape index (κ1) is 11.9. The Morgan fingerprint density at radius 1 is 1.11 bits per heavy atom. The van der Waals surface area contributed by atoms with Gasteiger partial charge in [-0.05, 0) is 30.9 Å². The van der Waals surface area contributed by atoms with E-state index in [1.807, 2.05) is 37.3 Å². The van der Waals surface area contributed by atoms with Gasteiger partial charge in [-0.15, -0.1) is 0 Å². The molecule has 1 heterocycles. The summed E-state index contributed by atoms with van der Waals surface area (Å²) in [4.78, 5) is 0.491. The lowest BCUT2D eigenvalue weighted by molar-refractivity contribution is 0.469. The average molecular weight is 263 g/mol. The Labute approximate surface area is 108 Å². The highest BCUT2D eigenvalue weighted by Crippen LogP contribution is 2.45. The van der Waals surface area contributed by atoms with Gasteiger partial charge in [0.05, 0.1) is 10.4 Å². The van der Waals surface area contributed by atoms with E-state index < -0.39 is 10.0 Å². The molecule has 1 aromatic carbocycles. The quantitative estimate of drug-likeness (QED) is 0.846. The van der Waals surface area contributed by atoms with Gasteiger partial charge in [-0.3, -0.25) is 0 Å². The van der Waals surface area contributed by atoms with E-state index in [-0.39, 0.29) is 5.54 Å². The molecule has 0 aromatic heterocycles. The monoisotopic (exact) mass is 263 g/mol. The summed E-state index contributed by atoms with van der Waals surface area (Å²) in [6.07, 6.45) is 4.05. The molecular weight excluding hydrogens is 246 g/mol. The maximum Gasteiger partial charge on any atom is 0.241 e. The predicted octanol–water partition coefficient (Wildman–Crippen LogP) is 2.66. The van der Waals surface area contributed by atoms with Gasteiger partial charge in [-0.25, -0.2) is 13.1 Å². The molecule has 0 bridgehead atoms. The smallest absolute Gasteiger partial charge is 0.207 e. The van der Waals surface area contributed by atoms with Gasteiger partial charge in [0.25, 0.3) is 0 Å². The van der Waals surface area contributed by atoms with Gasteiger partial charge in [0, 0.05) is 0 Å². The number of nitrogens with one attached hydrogen (secondary N) is 1. The van der Waals surface area contributed by atoms with Crippen molar-refractivity contribution in [2.24, 2.45) is 0 Å². The van der Waals surface area contributed by atoms with E-state index in [1.54, 1.807) is 0 Å². The fourth-order valence-corrected chi connectivity index (χ4v) is 5.24. The van der Waals surface area contributed by atoms with Gasteiger partial charge >= 0.3 is 0 Å². The van der Waals surface area contributed by atoms with E-state index in [0.29, 0.717) is 4.91 Å². The van der Waals surface area contributed by atoms with Crippen LogP contribution >= 0.6 is 0 Å². The minimum Gasteiger partial charge on any atom is -0.207 e. The summed E-state index contributed by atoms with van der Waals surface area (Å²) < 4.78 is 27.6. The fourth-order valence-electron chi connectivity index (χ4n) is 3.22. The lowest BCUT2D eigenvalue weighted by Crippen LogP contribution is -2.41. The van der Waals surface area contributed by atoms with Crippen LogP contribution in [0, 0.1) is 0 Å². The molecule has 1 aliphatic heterocycles. The summed E-state index contributed by atoms with van der Waals surface area (Å²) in [5.74, 6) is 0. The summed E-state index contributed by atoms with van der Waals surface area (Å²) in [6.45, 7) is 1.96. The van der Waals surface area contributed by atoms with E-state index >= 15 is 0 Å². The van der Waals surface area contributed by atoms with Crippen molar-refractivity contribution in [3.8, 4) is 0 Å². The summed E-state index contributed by atoms with van der Waals surface area (Å²) in [6, 6.07) is 9.40. The first-order valence-electron chi connectivity index (χ1n) is 6.36. The van der Waals surface area contributed by atoms with Gasteiger partial charge in [0.1, 0.15) is 0 Å². The minimum absolute atomic E-state index is 0.302. The minimum atomic E-state index is -3.35. The first-order chi connectivity index (χ1) is 8.55. The van der Waals surface area contributed by atoms with Crippen LogP contribution in [0.25, 0.3) is 4.91 Å². The molecule has 0 unspecified atom stereocenters.